The number of hydrogen-bond acceptors (Lipinski definition) is 2. The van der Waals surface area contributed by atoms with Crippen molar-refractivity contribution in [2.24, 2.45) is 0 Å². The molecule has 4 nitrogen and oxygen atoms in total. The van der Waals surface area contributed by atoms with Crippen LogP contribution >= 0.6 is 0 Å². The largest absolute Gasteiger partial charge is 0.341 e. The Balaban J connectivity index is 2.46. The standard InChI is InChI=1S/C13H24N2O2/c1-3-7-12(16)15(8-4-2)11-13(17)14-9-5-6-10-14/h3-11H2,1-2H3. The average Bonchev–Trinajstić information content (AvgIpc) is 2.82. The molecular formula is C13H24N2O2. The monoisotopic (exact) mass is 240 g/mol. The highest BCUT2D eigenvalue weighted by Gasteiger charge is 2.22. The predicted octanol–water partition coefficient (Wildman–Crippen LogP) is 1.65. The van der Waals surface area contributed by atoms with E-state index >= 15 is 0 Å². The number of hydrogen-bond donors (Lipinski definition) is 0. The molecule has 0 saturated carbocycles. The smallest absolute Gasteiger partial charge is 0.242 e. The summed E-state index contributed by atoms with van der Waals surface area (Å²) < 4.78 is 0. The first-order chi connectivity index (χ1) is 8.19. The molecule has 1 rings (SSSR count). The number of rotatable bonds is 6. The average molecular weight is 240 g/mol. The molecule has 0 radical (unpaired) electrons. The van der Waals surface area contributed by atoms with E-state index in [1.54, 1.807) is 4.90 Å². The highest BCUT2D eigenvalue weighted by atomic mass is 16.2. The van der Waals surface area contributed by atoms with Crippen LogP contribution in [0, 0.1) is 0 Å². The molecule has 0 N–H and O–H groups in total. The van der Waals surface area contributed by atoms with E-state index in [1.165, 1.54) is 0 Å². The fourth-order valence-corrected chi connectivity index (χ4v) is 2.16. The summed E-state index contributed by atoms with van der Waals surface area (Å²) in [5, 5.41) is 0. The van der Waals surface area contributed by atoms with E-state index in [-0.39, 0.29) is 18.4 Å². The highest BCUT2D eigenvalue weighted by Crippen LogP contribution is 2.09. The molecule has 0 aromatic carbocycles. The fourth-order valence-electron chi connectivity index (χ4n) is 2.16. The second-order valence-corrected chi connectivity index (χ2v) is 4.65. The molecule has 1 fully saturated rings. The van der Waals surface area contributed by atoms with E-state index in [1.807, 2.05) is 18.7 Å². The lowest BCUT2D eigenvalue weighted by molar-refractivity contribution is -0.140. The van der Waals surface area contributed by atoms with Crippen LogP contribution in [0.5, 0.6) is 0 Å². The zero-order valence-corrected chi connectivity index (χ0v) is 11.1. The Hall–Kier alpha value is -1.06. The van der Waals surface area contributed by atoms with Crippen LogP contribution in [0.4, 0.5) is 0 Å². The third-order valence-electron chi connectivity index (χ3n) is 3.09. The first-order valence-electron chi connectivity index (χ1n) is 6.74. The molecule has 98 valence electrons. The van der Waals surface area contributed by atoms with Gasteiger partial charge in [0.25, 0.3) is 0 Å². The Morgan fingerprint density at radius 1 is 1.12 bits per heavy atom. The minimum absolute atomic E-state index is 0.111. The molecular weight excluding hydrogens is 216 g/mol. The van der Waals surface area contributed by atoms with Gasteiger partial charge in [0.15, 0.2) is 0 Å². The van der Waals surface area contributed by atoms with Crippen molar-refractivity contribution in [1.29, 1.82) is 0 Å². The van der Waals surface area contributed by atoms with Crippen molar-refractivity contribution in [1.82, 2.24) is 9.80 Å². The number of nitrogens with zero attached hydrogens (tertiary/aromatic N) is 2. The lowest BCUT2D eigenvalue weighted by atomic mass is 10.2. The van der Waals surface area contributed by atoms with Gasteiger partial charge >= 0.3 is 0 Å². The zero-order chi connectivity index (χ0) is 12.7. The summed E-state index contributed by atoms with van der Waals surface area (Å²) in [6.45, 7) is 6.71. The van der Waals surface area contributed by atoms with Crippen LogP contribution in [0.15, 0.2) is 0 Å². The van der Waals surface area contributed by atoms with Crippen LogP contribution in [0.3, 0.4) is 0 Å². The van der Waals surface area contributed by atoms with E-state index < -0.39 is 0 Å². The van der Waals surface area contributed by atoms with E-state index in [2.05, 4.69) is 0 Å². The minimum atomic E-state index is 0.111. The Morgan fingerprint density at radius 2 is 1.76 bits per heavy atom. The number of carbonyl (C=O) groups is 2. The van der Waals surface area contributed by atoms with E-state index in [0.717, 1.165) is 38.8 Å². The summed E-state index contributed by atoms with van der Waals surface area (Å²) in [4.78, 5) is 27.4. The van der Waals surface area contributed by atoms with Gasteiger partial charge < -0.3 is 9.80 Å². The van der Waals surface area contributed by atoms with E-state index in [4.69, 9.17) is 0 Å². The molecule has 1 aliphatic rings. The summed E-state index contributed by atoms with van der Waals surface area (Å²) in [6, 6.07) is 0. The van der Waals surface area contributed by atoms with Gasteiger partial charge in [-0.1, -0.05) is 13.8 Å². The maximum Gasteiger partial charge on any atom is 0.242 e. The molecule has 0 aliphatic carbocycles. The van der Waals surface area contributed by atoms with Gasteiger partial charge in [-0.3, -0.25) is 9.59 Å². The topological polar surface area (TPSA) is 40.6 Å². The Kier molecular flexibility index (Phi) is 6.01. The molecule has 1 aliphatic heterocycles. The Morgan fingerprint density at radius 3 is 2.29 bits per heavy atom. The van der Waals surface area contributed by atoms with Crippen molar-refractivity contribution in [3.63, 3.8) is 0 Å². The quantitative estimate of drug-likeness (QED) is 0.708. The lowest BCUT2D eigenvalue weighted by Crippen LogP contribution is -2.42. The normalized spacial score (nSPS) is 15.1. The maximum atomic E-state index is 12.0. The first-order valence-corrected chi connectivity index (χ1v) is 6.74. The van der Waals surface area contributed by atoms with Crippen LogP contribution in [-0.2, 0) is 9.59 Å². The van der Waals surface area contributed by atoms with E-state index in [0.29, 0.717) is 13.0 Å². The molecule has 0 aromatic heterocycles. The van der Waals surface area contributed by atoms with Crippen molar-refractivity contribution in [3.05, 3.63) is 0 Å². The molecule has 1 heterocycles. The van der Waals surface area contributed by atoms with Gasteiger partial charge in [-0.25, -0.2) is 0 Å². The summed E-state index contributed by atoms with van der Waals surface area (Å²) in [5.74, 6) is 0.224. The van der Waals surface area contributed by atoms with Gasteiger partial charge in [-0.15, -0.1) is 0 Å². The number of carbonyl (C=O) groups excluding carboxylic acids is 2. The summed E-state index contributed by atoms with van der Waals surface area (Å²) in [7, 11) is 0. The maximum absolute atomic E-state index is 12.0. The summed E-state index contributed by atoms with van der Waals surface area (Å²) in [6.07, 6.45) is 4.50. The summed E-state index contributed by atoms with van der Waals surface area (Å²) >= 11 is 0. The van der Waals surface area contributed by atoms with Crippen LogP contribution in [0.2, 0.25) is 0 Å². The lowest BCUT2D eigenvalue weighted by Gasteiger charge is -2.24. The van der Waals surface area contributed by atoms with E-state index in [9.17, 15) is 9.59 Å². The number of amides is 2. The zero-order valence-electron chi connectivity index (χ0n) is 11.1. The van der Waals surface area contributed by atoms with Gasteiger partial charge in [0.2, 0.25) is 11.8 Å². The van der Waals surface area contributed by atoms with Crippen molar-refractivity contribution in [3.8, 4) is 0 Å². The van der Waals surface area contributed by atoms with Crippen molar-refractivity contribution in [2.75, 3.05) is 26.2 Å². The number of likely N-dealkylation sites (tertiary alicyclic amines) is 1. The molecule has 0 spiro atoms. The predicted molar refractivity (Wildman–Crippen MR) is 67.6 cm³/mol. The van der Waals surface area contributed by atoms with Crippen LogP contribution < -0.4 is 0 Å². The van der Waals surface area contributed by atoms with Crippen LogP contribution in [-0.4, -0.2) is 47.8 Å². The minimum Gasteiger partial charge on any atom is -0.341 e. The third kappa shape index (κ3) is 4.36. The molecule has 2 amide bonds. The highest BCUT2D eigenvalue weighted by molar-refractivity contribution is 5.84. The molecule has 17 heavy (non-hydrogen) atoms. The van der Waals surface area contributed by atoms with Crippen molar-refractivity contribution < 1.29 is 9.59 Å². The summed E-state index contributed by atoms with van der Waals surface area (Å²) in [5.41, 5.74) is 0. The Labute approximate surface area is 104 Å². The molecule has 0 unspecified atom stereocenters. The van der Waals surface area contributed by atoms with Gasteiger partial charge in [-0.05, 0) is 25.7 Å². The molecule has 0 bridgehead atoms. The SMILES string of the molecule is CCCC(=O)N(CCC)CC(=O)N1CCCC1. The van der Waals surface area contributed by atoms with Gasteiger partial charge in [-0.2, -0.15) is 0 Å². The molecule has 1 saturated heterocycles. The molecule has 4 heteroatoms. The van der Waals surface area contributed by atoms with Crippen LogP contribution in [0.25, 0.3) is 0 Å². The fraction of sp³-hybridized carbons (Fsp3) is 0.846. The van der Waals surface area contributed by atoms with Crippen LogP contribution in [0.1, 0.15) is 46.0 Å². The van der Waals surface area contributed by atoms with Gasteiger partial charge in [0.1, 0.15) is 0 Å². The van der Waals surface area contributed by atoms with Gasteiger partial charge in [0, 0.05) is 26.1 Å². The van der Waals surface area contributed by atoms with Crippen molar-refractivity contribution >= 4 is 11.8 Å². The molecule has 0 atom stereocenters. The van der Waals surface area contributed by atoms with Crippen molar-refractivity contribution in [2.45, 2.75) is 46.0 Å². The second kappa shape index (κ2) is 7.30. The van der Waals surface area contributed by atoms with Gasteiger partial charge in [0.05, 0.1) is 6.54 Å². The Bertz CT molecular complexity index is 260. The molecule has 0 aromatic rings. The third-order valence-corrected chi connectivity index (χ3v) is 3.09. The first kappa shape index (κ1) is 14.0. The second-order valence-electron chi connectivity index (χ2n) is 4.65.